The molecule has 0 bridgehead atoms. The van der Waals surface area contributed by atoms with Gasteiger partial charge in [0.15, 0.2) is 0 Å². The van der Waals surface area contributed by atoms with E-state index in [4.69, 9.17) is 21.4 Å². The first-order chi connectivity index (χ1) is 14.0. The van der Waals surface area contributed by atoms with Gasteiger partial charge < -0.3 is 0 Å². The third kappa shape index (κ3) is 3.89. The van der Waals surface area contributed by atoms with Gasteiger partial charge in [-0.25, -0.2) is 9.43 Å². The van der Waals surface area contributed by atoms with E-state index in [-0.39, 0.29) is 5.16 Å². The van der Waals surface area contributed by atoms with Crippen LogP contribution in [0.2, 0.25) is 5.02 Å². The van der Waals surface area contributed by atoms with E-state index in [0.717, 1.165) is 33.3 Å². The van der Waals surface area contributed by atoms with Gasteiger partial charge in [0.05, 0.1) is 35.3 Å². The molecule has 0 aliphatic rings. The van der Waals surface area contributed by atoms with Crippen molar-refractivity contribution in [2.24, 2.45) is 4.74 Å². The van der Waals surface area contributed by atoms with Crippen LogP contribution in [0.25, 0.3) is 5.69 Å². The molecule has 0 saturated carbocycles. The van der Waals surface area contributed by atoms with Gasteiger partial charge in [0, 0.05) is 10.2 Å². The van der Waals surface area contributed by atoms with Crippen molar-refractivity contribution < 1.29 is 0 Å². The molecule has 6 heteroatoms. The second-order valence-electron chi connectivity index (χ2n) is 8.92. The molecule has 0 saturated heterocycles. The summed E-state index contributed by atoms with van der Waals surface area (Å²) in [7, 11) is 2.05. The normalized spacial score (nSPS) is 14.1. The van der Waals surface area contributed by atoms with Crippen LogP contribution in [-0.4, -0.2) is 33.7 Å². The first-order valence-electron chi connectivity index (χ1n) is 10.2. The van der Waals surface area contributed by atoms with Crippen molar-refractivity contribution >= 4 is 29.8 Å². The first kappa shape index (κ1) is 22.8. The van der Waals surface area contributed by atoms with E-state index in [2.05, 4.69) is 71.6 Å². The number of hydrogen-bond donors (Lipinski definition) is 0. The zero-order valence-electron chi connectivity index (χ0n) is 19.2. The molecule has 160 valence electrons. The zero-order valence-corrected chi connectivity index (χ0v) is 20.9. The largest absolute Gasteiger partial charge is 0.271 e. The first-order valence-corrected chi connectivity index (χ1v) is 12.2. The summed E-state index contributed by atoms with van der Waals surface area (Å²) in [4.78, 5) is 0. The van der Waals surface area contributed by atoms with Crippen LogP contribution >= 0.6 is 18.8 Å². The summed E-state index contributed by atoms with van der Waals surface area (Å²) in [5.41, 5.74) is 5.19. The van der Waals surface area contributed by atoms with Gasteiger partial charge in [0.2, 0.25) is 0 Å². The molecule has 0 spiro atoms. The van der Waals surface area contributed by atoms with Gasteiger partial charge in [-0.3, -0.25) is 4.67 Å². The molecule has 3 aromatic rings. The molecule has 0 aliphatic carbocycles. The highest BCUT2D eigenvalue weighted by molar-refractivity contribution is 7.73. The van der Waals surface area contributed by atoms with E-state index in [9.17, 15) is 0 Å². The predicted molar refractivity (Wildman–Crippen MR) is 131 cm³/mol. The Hall–Kier alpha value is -1.87. The Labute approximate surface area is 186 Å². The molecule has 3 rings (SSSR count). The molecular formula is C24H32ClN4P. The molecule has 1 atom stereocenters. The summed E-state index contributed by atoms with van der Waals surface area (Å²) < 4.78 is 9.82. The summed E-state index contributed by atoms with van der Waals surface area (Å²) in [6.45, 7) is 13.1. The lowest BCUT2D eigenvalue weighted by molar-refractivity contribution is 0.625. The standard InChI is InChI=1S/C24H32ClN4P/c1-17-14-15-20(16-22(17)25)27-30(28(7)8,24(4,5)6)23-18(2)26-29(19(23)3)21-12-10-9-11-13-21/h9-16H,1-8H3. The van der Waals surface area contributed by atoms with Crippen LogP contribution in [0.4, 0.5) is 5.69 Å². The summed E-state index contributed by atoms with van der Waals surface area (Å²) >= 11 is 6.45. The van der Waals surface area contributed by atoms with Crippen LogP contribution in [0, 0.1) is 20.8 Å². The average molecular weight is 443 g/mol. The van der Waals surface area contributed by atoms with Gasteiger partial charge in [-0.2, -0.15) is 5.10 Å². The Morgan fingerprint density at radius 1 is 1.00 bits per heavy atom. The van der Waals surface area contributed by atoms with Gasteiger partial charge in [0.1, 0.15) is 0 Å². The quantitative estimate of drug-likeness (QED) is 0.412. The molecule has 0 fully saturated rings. The van der Waals surface area contributed by atoms with Crippen LogP contribution in [0.1, 0.15) is 37.7 Å². The smallest absolute Gasteiger partial charge is 0.0751 e. The minimum absolute atomic E-state index is 0.103. The second-order valence-corrected chi connectivity index (χ2v) is 13.3. The lowest BCUT2D eigenvalue weighted by Crippen LogP contribution is -2.34. The average Bonchev–Trinajstić information content (AvgIpc) is 2.97. The van der Waals surface area contributed by atoms with Crippen molar-refractivity contribution in [1.82, 2.24) is 14.5 Å². The molecule has 1 aromatic heterocycles. The molecule has 0 amide bonds. The SMILES string of the molecule is Cc1ccc(N=P(c2c(C)nn(-c3ccccc3)c2C)(N(C)C)C(C)(C)C)cc1Cl. The van der Waals surface area contributed by atoms with Gasteiger partial charge in [-0.15, -0.1) is 0 Å². The topological polar surface area (TPSA) is 33.4 Å². The van der Waals surface area contributed by atoms with Crippen molar-refractivity contribution in [3.63, 3.8) is 0 Å². The summed E-state index contributed by atoms with van der Waals surface area (Å²) in [5, 5.41) is 6.83. The minimum atomic E-state index is -2.22. The monoisotopic (exact) mass is 442 g/mol. The molecule has 1 heterocycles. The van der Waals surface area contributed by atoms with Gasteiger partial charge >= 0.3 is 0 Å². The van der Waals surface area contributed by atoms with E-state index in [0.29, 0.717) is 0 Å². The second kappa shape index (κ2) is 8.34. The van der Waals surface area contributed by atoms with Crippen LogP contribution in [-0.2, 0) is 0 Å². The molecule has 2 aromatic carbocycles. The Morgan fingerprint density at radius 2 is 1.63 bits per heavy atom. The highest BCUT2D eigenvalue weighted by atomic mass is 35.5. The van der Waals surface area contributed by atoms with Gasteiger partial charge in [-0.05, 0) is 64.7 Å². The Morgan fingerprint density at radius 3 is 2.17 bits per heavy atom. The van der Waals surface area contributed by atoms with Crippen LogP contribution in [0.3, 0.4) is 0 Å². The highest BCUT2D eigenvalue weighted by Gasteiger charge is 2.42. The number of aryl methyl sites for hydroxylation is 2. The number of halogens is 1. The summed E-state index contributed by atoms with van der Waals surface area (Å²) in [5.74, 6) is 0. The van der Waals surface area contributed by atoms with E-state index >= 15 is 0 Å². The van der Waals surface area contributed by atoms with Crippen molar-refractivity contribution in [2.45, 2.75) is 46.7 Å². The molecular weight excluding hydrogens is 411 g/mol. The fourth-order valence-electron chi connectivity index (χ4n) is 4.14. The van der Waals surface area contributed by atoms with Gasteiger partial charge in [-0.1, -0.05) is 56.6 Å². The van der Waals surface area contributed by atoms with E-state index < -0.39 is 7.21 Å². The summed E-state index contributed by atoms with van der Waals surface area (Å²) in [6.07, 6.45) is 0. The predicted octanol–water partition coefficient (Wildman–Crippen LogP) is 6.88. The molecule has 30 heavy (non-hydrogen) atoms. The number of rotatable bonds is 4. The van der Waals surface area contributed by atoms with E-state index in [1.54, 1.807) is 0 Å². The Balaban J connectivity index is 2.39. The molecule has 0 N–H and O–H groups in total. The van der Waals surface area contributed by atoms with Crippen molar-refractivity contribution in [3.05, 3.63) is 70.5 Å². The number of hydrogen-bond acceptors (Lipinski definition) is 2. The van der Waals surface area contributed by atoms with Crippen molar-refractivity contribution in [1.29, 1.82) is 0 Å². The van der Waals surface area contributed by atoms with Gasteiger partial charge in [0.25, 0.3) is 0 Å². The molecule has 0 radical (unpaired) electrons. The maximum absolute atomic E-state index is 6.45. The van der Waals surface area contributed by atoms with E-state index in [1.807, 2.05) is 41.9 Å². The fourth-order valence-corrected chi connectivity index (χ4v) is 8.67. The van der Waals surface area contributed by atoms with Crippen LogP contribution in [0.15, 0.2) is 53.3 Å². The zero-order chi connectivity index (χ0) is 22.3. The molecule has 0 aliphatic heterocycles. The minimum Gasteiger partial charge on any atom is -0.271 e. The number of benzene rings is 2. The Bertz CT molecular complexity index is 1110. The maximum Gasteiger partial charge on any atom is 0.0751 e. The number of nitrogens with zero attached hydrogens (tertiary/aromatic N) is 4. The lowest BCUT2D eigenvalue weighted by Gasteiger charge is -2.42. The third-order valence-corrected chi connectivity index (χ3v) is 10.7. The number of aromatic nitrogens is 2. The van der Waals surface area contributed by atoms with Crippen molar-refractivity contribution in [2.75, 3.05) is 14.1 Å². The Kier molecular flexibility index (Phi) is 6.34. The number of para-hydroxylation sites is 1. The lowest BCUT2D eigenvalue weighted by atomic mass is 10.2. The fraction of sp³-hybridized carbons (Fsp3) is 0.375. The van der Waals surface area contributed by atoms with E-state index in [1.165, 1.54) is 5.30 Å². The molecule has 4 nitrogen and oxygen atoms in total. The highest BCUT2D eigenvalue weighted by Crippen LogP contribution is 2.63. The third-order valence-electron chi connectivity index (χ3n) is 5.50. The van der Waals surface area contributed by atoms with Crippen molar-refractivity contribution in [3.8, 4) is 5.69 Å². The maximum atomic E-state index is 6.45. The van der Waals surface area contributed by atoms with Crippen LogP contribution < -0.4 is 5.30 Å². The molecule has 1 unspecified atom stereocenters. The summed E-state index contributed by atoms with van der Waals surface area (Å²) in [6, 6.07) is 16.4. The van der Waals surface area contributed by atoms with Crippen LogP contribution in [0.5, 0.6) is 0 Å².